The van der Waals surface area contributed by atoms with E-state index in [1.54, 1.807) is 96.5 Å². The highest BCUT2D eigenvalue weighted by Gasteiger charge is 2.44. The fourth-order valence-electron chi connectivity index (χ4n) is 11.5. The average Bonchev–Trinajstić information content (AvgIpc) is 1.81. The summed E-state index contributed by atoms with van der Waals surface area (Å²) in [7, 11) is 6.09. The first-order chi connectivity index (χ1) is 43.6. The molecule has 0 aliphatic carbocycles. The van der Waals surface area contributed by atoms with Gasteiger partial charge in [0.25, 0.3) is 0 Å². The third-order valence-electron chi connectivity index (χ3n) is 17.2. The molecule has 93 heavy (non-hydrogen) atoms. The van der Waals surface area contributed by atoms with Crippen molar-refractivity contribution in [3.8, 4) is 0 Å². The van der Waals surface area contributed by atoms with Gasteiger partial charge in [-0.2, -0.15) is 0 Å². The monoisotopic (exact) mass is 1310 g/mol. The number of hydrogen-bond donors (Lipinski definition) is 9. The normalized spacial score (nSPS) is 16.8. The van der Waals surface area contributed by atoms with Crippen LogP contribution in [0.1, 0.15) is 164 Å². The lowest BCUT2D eigenvalue weighted by Gasteiger charge is -2.41. The van der Waals surface area contributed by atoms with Gasteiger partial charge in [-0.05, 0) is 91.9 Å². The van der Waals surface area contributed by atoms with Crippen molar-refractivity contribution in [3.05, 3.63) is 65.2 Å². The third kappa shape index (κ3) is 25.1. The van der Waals surface area contributed by atoms with Gasteiger partial charge in [-0.1, -0.05) is 131 Å². The van der Waals surface area contributed by atoms with E-state index in [0.717, 1.165) is 5.56 Å². The van der Waals surface area contributed by atoms with Crippen molar-refractivity contribution >= 4 is 65.1 Å². The van der Waals surface area contributed by atoms with Crippen LogP contribution in [0.2, 0.25) is 0 Å². The summed E-state index contributed by atoms with van der Waals surface area (Å²) >= 11 is 0. The summed E-state index contributed by atoms with van der Waals surface area (Å²) in [5, 5.41) is 30.4. The van der Waals surface area contributed by atoms with E-state index in [1.807, 2.05) is 65.8 Å². The van der Waals surface area contributed by atoms with Gasteiger partial charge in [0.2, 0.25) is 47.3 Å². The summed E-state index contributed by atoms with van der Waals surface area (Å²) in [5.41, 5.74) is 7.68. The molecule has 0 bridgehead atoms. The van der Waals surface area contributed by atoms with Crippen LogP contribution in [0.5, 0.6) is 0 Å². The number of anilines is 1. The number of primary amides is 1. The summed E-state index contributed by atoms with van der Waals surface area (Å²) in [6.45, 7) is 26.7. The molecule has 2 aromatic carbocycles. The first kappa shape index (κ1) is 79.9. The van der Waals surface area contributed by atoms with Gasteiger partial charge in [0, 0.05) is 66.5 Å². The lowest BCUT2D eigenvalue weighted by molar-refractivity contribution is -0.148. The van der Waals surface area contributed by atoms with Gasteiger partial charge in [-0.15, -0.1) is 0 Å². The second-order valence-electron chi connectivity index (χ2n) is 27.1. The predicted molar refractivity (Wildman–Crippen MR) is 355 cm³/mol. The number of ether oxygens (including phenoxy) is 3. The van der Waals surface area contributed by atoms with E-state index < -0.39 is 126 Å². The molecule has 0 radical (unpaired) electrons. The van der Waals surface area contributed by atoms with Crippen molar-refractivity contribution in [2.45, 2.75) is 216 Å². The van der Waals surface area contributed by atoms with E-state index in [4.69, 9.17) is 19.9 Å². The summed E-state index contributed by atoms with van der Waals surface area (Å²) < 4.78 is 17.8. The molecule has 0 saturated carbocycles. The molecule has 3 unspecified atom stereocenters. The van der Waals surface area contributed by atoms with Crippen LogP contribution < -0.4 is 43.0 Å². The van der Waals surface area contributed by atoms with Gasteiger partial charge in [0.05, 0.1) is 48.8 Å². The van der Waals surface area contributed by atoms with Crippen molar-refractivity contribution in [2.75, 3.05) is 53.3 Å². The molecule has 25 nitrogen and oxygen atoms in total. The van der Waals surface area contributed by atoms with Gasteiger partial charge < -0.3 is 72.1 Å². The zero-order chi connectivity index (χ0) is 70.2. The molecule has 1 fully saturated rings. The van der Waals surface area contributed by atoms with Crippen LogP contribution >= 0.6 is 0 Å². The molecule has 0 spiro atoms. The standard InChI is InChI=1S/C68H111N11O14/c1-19-43(9)58(51(91-17)36-54(82)79-35-21-23-50(79)60(92-18)44(10)61(84)72-45(11)59(83)47-28-24-42(8)25-29-47)77(15)65(88)56(40(4)5)76-64(87)57(41(6)7)78(16)67(90)93-37-46-26-30-48(31-27-46)73-62(85)49(22-20-34-70-66(69)89)74-63(86)55(39(2)3)75-53(81)33-32-52(80)71-38-68(12,13)14/h24-31,39-41,43-45,49-51,55-60,83H,19-23,32-38H2,1-18H3,(H,71,80)(H,72,84)(H,73,85)(H,74,86)(H,75,81)(H,76,87)(H3,69,70,89)/t43-,44+,45+,49-,50-,51+,55?,56-,57?,58?,59+,60+/m0/s1. The number of carbonyl (C=O) groups is 10. The largest absolute Gasteiger partial charge is 0.445 e. The number of nitrogens with zero attached hydrogens (tertiary/aromatic N) is 3. The highest BCUT2D eigenvalue weighted by molar-refractivity contribution is 5.99. The highest BCUT2D eigenvalue weighted by Crippen LogP contribution is 2.31. The summed E-state index contributed by atoms with van der Waals surface area (Å²) in [6.07, 6.45) is -1.30. The molecular formula is C68H111N11O14. The molecular weight excluding hydrogens is 1190 g/mol. The number of nitrogens with one attached hydrogen (secondary N) is 7. The van der Waals surface area contributed by atoms with E-state index in [-0.39, 0.29) is 74.3 Å². The Morgan fingerprint density at radius 3 is 1.88 bits per heavy atom. The molecule has 3 rings (SSSR count). The maximum Gasteiger partial charge on any atom is 0.410 e. The molecule has 10 N–H and O–H groups in total. The Hall–Kier alpha value is -7.38. The lowest BCUT2D eigenvalue weighted by atomic mass is 9.89. The quantitative estimate of drug-likeness (QED) is 0.0362. The van der Waals surface area contributed by atoms with Gasteiger partial charge in [-0.25, -0.2) is 9.59 Å². The number of likely N-dealkylation sites (N-methyl/N-ethyl adjacent to an activating group) is 2. The van der Waals surface area contributed by atoms with Crippen molar-refractivity contribution < 1.29 is 67.3 Å². The van der Waals surface area contributed by atoms with Crippen LogP contribution in [0.25, 0.3) is 0 Å². The number of aryl methyl sites for hydroxylation is 1. The zero-order valence-electron chi connectivity index (χ0n) is 58.4. The second kappa shape index (κ2) is 38.1. The first-order valence-electron chi connectivity index (χ1n) is 32.7. The molecule has 11 amide bonds. The number of benzene rings is 2. The minimum Gasteiger partial charge on any atom is -0.445 e. The Morgan fingerprint density at radius 2 is 1.33 bits per heavy atom. The molecule has 25 heteroatoms. The third-order valence-corrected chi connectivity index (χ3v) is 17.2. The molecule has 1 aliphatic heterocycles. The Balaban J connectivity index is 1.70. The van der Waals surface area contributed by atoms with Gasteiger partial charge in [0.15, 0.2) is 0 Å². The highest BCUT2D eigenvalue weighted by atomic mass is 16.6. The Morgan fingerprint density at radius 1 is 0.720 bits per heavy atom. The number of urea groups is 1. The molecule has 1 saturated heterocycles. The van der Waals surface area contributed by atoms with Crippen molar-refractivity contribution in [3.63, 3.8) is 0 Å². The average molecular weight is 1310 g/mol. The Bertz CT molecular complexity index is 2780. The van der Waals surface area contributed by atoms with Crippen molar-refractivity contribution in [2.24, 2.45) is 40.7 Å². The van der Waals surface area contributed by atoms with Crippen molar-refractivity contribution in [1.29, 1.82) is 0 Å². The number of amides is 11. The van der Waals surface area contributed by atoms with Gasteiger partial charge >= 0.3 is 12.1 Å². The molecule has 2 aromatic rings. The van der Waals surface area contributed by atoms with Crippen LogP contribution in [0.3, 0.4) is 0 Å². The van der Waals surface area contributed by atoms with Crippen LogP contribution in [0.4, 0.5) is 15.3 Å². The van der Waals surface area contributed by atoms with E-state index in [1.165, 1.54) is 26.2 Å². The molecule has 1 aliphatic rings. The van der Waals surface area contributed by atoms with E-state index in [2.05, 4.69) is 37.2 Å². The number of nitrogens with two attached hydrogens (primary N) is 1. The lowest BCUT2D eigenvalue weighted by Crippen LogP contribution is -2.60. The van der Waals surface area contributed by atoms with Crippen LogP contribution in [-0.2, 0) is 59.2 Å². The Labute approximate surface area is 551 Å². The number of rotatable bonds is 36. The fourth-order valence-corrected chi connectivity index (χ4v) is 11.5. The SMILES string of the molecule is CC[C@H](C)C([C@@H](CC(=O)N1CCC[C@H]1[C@H](OC)[C@@H](C)C(=O)N[C@H](C)[C@@H](O)c1ccc(C)cc1)OC)N(C)C(=O)[C@@H](NC(=O)C(C(C)C)N(C)C(=O)OCc1ccc(NC(=O)[C@H](CCCNC(N)=O)NC(=O)C(NC(=O)CCC(=O)NCC(C)(C)C)C(C)C)cc1)C(C)C. The van der Waals surface area contributed by atoms with Crippen LogP contribution in [0, 0.1) is 41.9 Å². The van der Waals surface area contributed by atoms with Gasteiger partial charge in [0.1, 0.15) is 30.8 Å². The topological polar surface area (TPSA) is 339 Å². The summed E-state index contributed by atoms with van der Waals surface area (Å²) in [4.78, 5) is 140. The Kier molecular flexibility index (Phi) is 32.7. The minimum atomic E-state index is -1.12. The van der Waals surface area contributed by atoms with Crippen molar-refractivity contribution in [1.82, 2.24) is 46.6 Å². The van der Waals surface area contributed by atoms with Gasteiger partial charge in [-0.3, -0.25) is 43.3 Å². The number of methoxy groups -OCH3 is 2. The number of hydrogen-bond acceptors (Lipinski definition) is 14. The number of aliphatic hydroxyl groups excluding tert-OH is 1. The second-order valence-corrected chi connectivity index (χ2v) is 27.1. The smallest absolute Gasteiger partial charge is 0.410 e. The summed E-state index contributed by atoms with van der Waals surface area (Å²) in [6, 6.07) is 7.10. The van der Waals surface area contributed by atoms with E-state index in [0.29, 0.717) is 49.2 Å². The maximum atomic E-state index is 14.8. The predicted octanol–water partition coefficient (Wildman–Crippen LogP) is 5.84. The van der Waals surface area contributed by atoms with E-state index >= 15 is 0 Å². The molecule has 522 valence electrons. The number of likely N-dealkylation sites (tertiary alicyclic amines) is 1. The molecule has 1 heterocycles. The fraction of sp³-hybridized carbons (Fsp3) is 0.676. The first-order valence-corrected chi connectivity index (χ1v) is 32.7. The number of carbonyl (C=O) groups excluding carboxylic acids is 10. The van der Waals surface area contributed by atoms with Crippen LogP contribution in [0.15, 0.2) is 48.5 Å². The molecule has 0 aromatic heterocycles. The van der Waals surface area contributed by atoms with E-state index in [9.17, 15) is 53.1 Å². The minimum absolute atomic E-state index is 0.0772. The summed E-state index contributed by atoms with van der Waals surface area (Å²) in [5.74, 6) is -5.73. The maximum absolute atomic E-state index is 14.8. The molecule has 12 atom stereocenters. The number of aliphatic hydroxyl groups is 1. The van der Waals surface area contributed by atoms with Crippen LogP contribution in [-0.4, -0.2) is 182 Å². The zero-order valence-corrected chi connectivity index (χ0v) is 58.4.